The van der Waals surface area contributed by atoms with E-state index in [9.17, 15) is 4.79 Å². The van der Waals surface area contributed by atoms with Crippen LogP contribution < -0.4 is 5.32 Å². The van der Waals surface area contributed by atoms with Crippen molar-refractivity contribution in [3.05, 3.63) is 42.2 Å². The Morgan fingerprint density at radius 2 is 2.00 bits per heavy atom. The molecule has 0 unspecified atom stereocenters. The molecule has 4 rings (SSSR count). The van der Waals surface area contributed by atoms with Gasteiger partial charge in [0.1, 0.15) is 5.82 Å². The number of likely N-dealkylation sites (tertiary alicyclic amines) is 1. The molecule has 5 nitrogen and oxygen atoms in total. The third-order valence-corrected chi connectivity index (χ3v) is 6.01. The van der Waals surface area contributed by atoms with Gasteiger partial charge in [-0.15, -0.1) is 0 Å². The van der Waals surface area contributed by atoms with Crippen molar-refractivity contribution in [3.63, 3.8) is 0 Å². The average Bonchev–Trinajstić information content (AvgIpc) is 3.24. The summed E-state index contributed by atoms with van der Waals surface area (Å²) < 4.78 is 0. The van der Waals surface area contributed by atoms with E-state index in [-0.39, 0.29) is 11.9 Å². The summed E-state index contributed by atoms with van der Waals surface area (Å²) in [5.74, 6) is 1.60. The molecule has 1 aliphatic heterocycles. The number of aromatic nitrogens is 2. The number of nitrogens with zero attached hydrogens (tertiary/aromatic N) is 2. The zero-order chi connectivity index (χ0) is 18.5. The minimum atomic E-state index is 0.00603. The summed E-state index contributed by atoms with van der Waals surface area (Å²) in [5, 5.41) is 3.28. The van der Waals surface area contributed by atoms with E-state index in [1.54, 1.807) is 12.4 Å². The number of aromatic amines is 1. The van der Waals surface area contributed by atoms with Crippen LogP contribution in [0, 0.1) is 5.92 Å². The minimum absolute atomic E-state index is 0.00603. The normalized spacial score (nSPS) is 21.9. The van der Waals surface area contributed by atoms with Gasteiger partial charge in [0.15, 0.2) is 0 Å². The first-order chi connectivity index (χ1) is 13.3. The lowest BCUT2D eigenvalue weighted by Gasteiger charge is -2.36. The molecule has 1 amide bonds. The standard InChI is InChI=1S/C22H30N4O/c27-22(20-11-5-4-10-19(20)21-23-12-13-24-21)25-18-9-6-14-26(16-18)15-17-7-2-1-3-8-17/h4-5,10-13,17-18H,1-3,6-9,14-16H2,(H,23,24)(H,25,27)/t18-/m0/s1. The molecule has 1 saturated heterocycles. The van der Waals surface area contributed by atoms with Gasteiger partial charge in [0, 0.05) is 37.1 Å². The van der Waals surface area contributed by atoms with Crippen molar-refractivity contribution >= 4 is 5.91 Å². The average molecular weight is 367 g/mol. The topological polar surface area (TPSA) is 61.0 Å². The van der Waals surface area contributed by atoms with E-state index in [1.165, 1.54) is 45.2 Å². The zero-order valence-electron chi connectivity index (χ0n) is 16.0. The first-order valence-corrected chi connectivity index (χ1v) is 10.4. The molecule has 1 aromatic heterocycles. The summed E-state index contributed by atoms with van der Waals surface area (Å²) in [6.45, 7) is 3.35. The third kappa shape index (κ3) is 4.59. The highest BCUT2D eigenvalue weighted by atomic mass is 16.1. The SMILES string of the molecule is O=C(N[C@H]1CCCN(CC2CCCCC2)C1)c1ccccc1-c1ncc[nH]1. The van der Waals surface area contributed by atoms with Crippen molar-refractivity contribution in [2.75, 3.05) is 19.6 Å². The van der Waals surface area contributed by atoms with Crippen LogP contribution in [-0.4, -0.2) is 46.5 Å². The number of imidazole rings is 1. The number of hydrogen-bond donors (Lipinski definition) is 2. The van der Waals surface area contributed by atoms with Gasteiger partial charge in [-0.05, 0) is 44.2 Å². The van der Waals surface area contributed by atoms with Gasteiger partial charge < -0.3 is 15.2 Å². The second-order valence-electron chi connectivity index (χ2n) is 8.06. The van der Waals surface area contributed by atoms with Gasteiger partial charge in [-0.25, -0.2) is 4.98 Å². The molecule has 2 N–H and O–H groups in total. The van der Waals surface area contributed by atoms with Gasteiger partial charge in [0.2, 0.25) is 0 Å². The zero-order valence-corrected chi connectivity index (χ0v) is 16.0. The van der Waals surface area contributed by atoms with Crippen LogP contribution >= 0.6 is 0 Å². The fourth-order valence-electron chi connectivity index (χ4n) is 4.64. The van der Waals surface area contributed by atoms with Crippen molar-refractivity contribution in [3.8, 4) is 11.4 Å². The largest absolute Gasteiger partial charge is 0.348 e. The van der Waals surface area contributed by atoms with Gasteiger partial charge in [-0.2, -0.15) is 0 Å². The molecule has 1 aliphatic carbocycles. The van der Waals surface area contributed by atoms with Crippen LogP contribution in [0.4, 0.5) is 0 Å². The molecule has 1 atom stereocenters. The number of carbonyl (C=O) groups excluding carboxylic acids is 1. The molecule has 0 radical (unpaired) electrons. The predicted molar refractivity (Wildman–Crippen MR) is 108 cm³/mol. The summed E-state index contributed by atoms with van der Waals surface area (Å²) in [6, 6.07) is 7.93. The van der Waals surface area contributed by atoms with Crippen LogP contribution in [0.5, 0.6) is 0 Å². The van der Waals surface area contributed by atoms with Gasteiger partial charge in [-0.3, -0.25) is 4.79 Å². The molecule has 2 fully saturated rings. The molecule has 2 heterocycles. The maximum absolute atomic E-state index is 13.0. The monoisotopic (exact) mass is 366 g/mol. The van der Waals surface area contributed by atoms with E-state index in [0.717, 1.165) is 36.7 Å². The Hall–Kier alpha value is -2.14. The molecule has 2 aliphatic rings. The maximum atomic E-state index is 13.0. The minimum Gasteiger partial charge on any atom is -0.348 e. The highest BCUT2D eigenvalue weighted by Gasteiger charge is 2.25. The number of benzene rings is 1. The molecule has 144 valence electrons. The second kappa shape index (κ2) is 8.70. The molecule has 5 heteroatoms. The smallest absolute Gasteiger partial charge is 0.252 e. The Kier molecular flexibility index (Phi) is 5.87. The number of H-pyrrole nitrogens is 1. The summed E-state index contributed by atoms with van der Waals surface area (Å²) >= 11 is 0. The first kappa shape index (κ1) is 18.2. The van der Waals surface area contributed by atoms with Crippen LogP contribution in [0.15, 0.2) is 36.7 Å². The van der Waals surface area contributed by atoms with E-state index < -0.39 is 0 Å². The fourth-order valence-corrected chi connectivity index (χ4v) is 4.64. The Morgan fingerprint density at radius 1 is 1.15 bits per heavy atom. The Balaban J connectivity index is 1.38. The van der Waals surface area contributed by atoms with Gasteiger partial charge in [0.25, 0.3) is 5.91 Å². The molecule has 1 aromatic carbocycles. The third-order valence-electron chi connectivity index (χ3n) is 6.01. The molecular formula is C22H30N4O. The van der Waals surface area contributed by atoms with Crippen LogP contribution in [0.1, 0.15) is 55.3 Å². The number of amides is 1. The van der Waals surface area contributed by atoms with Crippen molar-refractivity contribution in [1.29, 1.82) is 0 Å². The Labute approximate surface area is 161 Å². The maximum Gasteiger partial charge on any atom is 0.252 e. The quantitative estimate of drug-likeness (QED) is 0.845. The van der Waals surface area contributed by atoms with Crippen LogP contribution in [0.25, 0.3) is 11.4 Å². The lowest BCUT2D eigenvalue weighted by molar-refractivity contribution is 0.0890. The van der Waals surface area contributed by atoms with Crippen LogP contribution in [-0.2, 0) is 0 Å². The number of hydrogen-bond acceptors (Lipinski definition) is 3. The Bertz CT molecular complexity index is 737. The predicted octanol–water partition coefficient (Wildman–Crippen LogP) is 3.85. The lowest BCUT2D eigenvalue weighted by Crippen LogP contribution is -2.49. The number of nitrogens with one attached hydrogen (secondary N) is 2. The van der Waals surface area contributed by atoms with Gasteiger partial charge in [0.05, 0.1) is 5.56 Å². The highest BCUT2D eigenvalue weighted by Crippen LogP contribution is 2.26. The number of piperidine rings is 1. The van der Waals surface area contributed by atoms with E-state index in [4.69, 9.17) is 0 Å². The molecule has 2 aromatic rings. The lowest BCUT2D eigenvalue weighted by atomic mass is 9.88. The summed E-state index contributed by atoms with van der Waals surface area (Å²) in [4.78, 5) is 22.9. The molecular weight excluding hydrogens is 336 g/mol. The van der Waals surface area contributed by atoms with Crippen molar-refractivity contribution in [2.24, 2.45) is 5.92 Å². The van der Waals surface area contributed by atoms with Crippen LogP contribution in [0.2, 0.25) is 0 Å². The van der Waals surface area contributed by atoms with Crippen molar-refractivity contribution in [2.45, 2.75) is 51.0 Å². The molecule has 0 spiro atoms. The summed E-state index contributed by atoms with van der Waals surface area (Å²) in [7, 11) is 0. The van der Waals surface area contributed by atoms with Gasteiger partial charge >= 0.3 is 0 Å². The van der Waals surface area contributed by atoms with E-state index >= 15 is 0 Å². The van der Waals surface area contributed by atoms with Crippen molar-refractivity contribution < 1.29 is 4.79 Å². The van der Waals surface area contributed by atoms with Crippen molar-refractivity contribution in [1.82, 2.24) is 20.2 Å². The summed E-state index contributed by atoms with van der Waals surface area (Å²) in [6.07, 6.45) is 12.7. The van der Waals surface area contributed by atoms with Crippen LogP contribution in [0.3, 0.4) is 0 Å². The fraction of sp³-hybridized carbons (Fsp3) is 0.545. The summed E-state index contributed by atoms with van der Waals surface area (Å²) in [5.41, 5.74) is 1.55. The number of rotatable bonds is 5. The Morgan fingerprint density at radius 3 is 2.81 bits per heavy atom. The molecule has 0 bridgehead atoms. The molecule has 27 heavy (non-hydrogen) atoms. The highest BCUT2D eigenvalue weighted by molar-refractivity contribution is 6.00. The van der Waals surface area contributed by atoms with E-state index in [1.807, 2.05) is 24.3 Å². The van der Waals surface area contributed by atoms with E-state index in [0.29, 0.717) is 5.56 Å². The first-order valence-electron chi connectivity index (χ1n) is 10.4. The molecule has 1 saturated carbocycles. The van der Waals surface area contributed by atoms with Gasteiger partial charge in [-0.1, -0.05) is 37.5 Å². The van der Waals surface area contributed by atoms with E-state index in [2.05, 4.69) is 20.2 Å². The number of carbonyl (C=O) groups is 1. The second-order valence-corrected chi connectivity index (χ2v) is 8.06.